The first-order valence-electron chi connectivity index (χ1n) is 9.81. The summed E-state index contributed by atoms with van der Waals surface area (Å²) >= 11 is 0. The minimum Gasteiger partial charge on any atom is -0.279 e. The fraction of sp³-hybridized carbons (Fsp3) is 0.174. The Bertz CT molecular complexity index is 1320. The predicted octanol–water partition coefficient (Wildman–Crippen LogP) is 5.08. The zero-order valence-corrected chi connectivity index (χ0v) is 19.0. The van der Waals surface area contributed by atoms with Crippen LogP contribution in [0.1, 0.15) is 27.8 Å². The van der Waals surface area contributed by atoms with Gasteiger partial charge in [0.1, 0.15) is 4.90 Å². The van der Waals surface area contributed by atoms with E-state index in [2.05, 4.69) is 15.2 Å². The van der Waals surface area contributed by atoms with Crippen LogP contribution in [0.5, 0.6) is 0 Å². The Labute approximate surface area is 187 Å². The molecule has 0 fully saturated rings. The van der Waals surface area contributed by atoms with Gasteiger partial charge in [0.2, 0.25) is 0 Å². The quantitative estimate of drug-likeness (QED) is 0.295. The number of non-ortho nitro benzene ring substituents is 1. The number of nitro groups is 1. The maximum atomic E-state index is 13.1. The Morgan fingerprint density at radius 3 is 2.22 bits per heavy atom. The molecule has 166 valence electrons. The summed E-state index contributed by atoms with van der Waals surface area (Å²) in [6, 6.07) is 14.8. The monoisotopic (exact) mass is 452 g/mol. The first-order valence-corrected chi connectivity index (χ1v) is 11.3. The van der Waals surface area contributed by atoms with Crippen LogP contribution in [0, 0.1) is 37.8 Å². The molecular weight excluding hydrogens is 428 g/mol. The van der Waals surface area contributed by atoms with E-state index in [1.54, 1.807) is 25.3 Å². The molecule has 0 spiro atoms. The first-order chi connectivity index (χ1) is 15.1. The van der Waals surface area contributed by atoms with Crippen LogP contribution in [0.3, 0.4) is 0 Å². The van der Waals surface area contributed by atoms with Gasteiger partial charge in [0.05, 0.1) is 22.5 Å². The molecule has 0 aromatic heterocycles. The second-order valence-corrected chi connectivity index (χ2v) is 9.24. The molecule has 0 saturated carbocycles. The summed E-state index contributed by atoms with van der Waals surface area (Å²) < 4.78 is 28.8. The van der Waals surface area contributed by atoms with Gasteiger partial charge in [-0.05, 0) is 56.5 Å². The van der Waals surface area contributed by atoms with Gasteiger partial charge in [-0.15, -0.1) is 0 Å². The van der Waals surface area contributed by atoms with Crippen molar-refractivity contribution in [2.45, 2.75) is 32.6 Å². The average Bonchev–Trinajstić information content (AvgIpc) is 2.72. The number of nitrogens with one attached hydrogen (secondary N) is 2. The zero-order chi connectivity index (χ0) is 23.5. The first kappa shape index (κ1) is 23.0. The number of benzene rings is 3. The molecule has 2 N–H and O–H groups in total. The number of aryl methyl sites for hydroxylation is 4. The lowest BCUT2D eigenvalue weighted by Crippen LogP contribution is -2.16. The molecule has 0 aliphatic heterocycles. The van der Waals surface area contributed by atoms with Crippen molar-refractivity contribution < 1.29 is 13.3 Å². The summed E-state index contributed by atoms with van der Waals surface area (Å²) in [5.74, 6) is 0. The van der Waals surface area contributed by atoms with Crippen LogP contribution in [-0.2, 0) is 10.0 Å². The molecule has 0 amide bonds. The van der Waals surface area contributed by atoms with Crippen molar-refractivity contribution in [1.82, 2.24) is 0 Å². The summed E-state index contributed by atoms with van der Waals surface area (Å²) in [7, 11) is -4.14. The molecule has 0 atom stereocenters. The number of sulfonamides is 1. The lowest BCUT2D eigenvalue weighted by atomic mass is 10.1. The molecule has 3 aromatic carbocycles. The maximum Gasteiger partial charge on any atom is 0.270 e. The van der Waals surface area contributed by atoms with Crippen molar-refractivity contribution in [2.24, 2.45) is 5.10 Å². The molecule has 0 bridgehead atoms. The van der Waals surface area contributed by atoms with E-state index in [4.69, 9.17) is 0 Å². The van der Waals surface area contributed by atoms with E-state index in [-0.39, 0.29) is 16.3 Å². The van der Waals surface area contributed by atoms with E-state index >= 15 is 0 Å². The summed E-state index contributed by atoms with van der Waals surface area (Å²) in [6.07, 6.45) is 1.58. The number of hydrogen-bond donors (Lipinski definition) is 2. The number of anilines is 2. The lowest BCUT2D eigenvalue weighted by Gasteiger charge is -2.14. The topological polar surface area (TPSA) is 114 Å². The third-order valence-electron chi connectivity index (χ3n) is 4.92. The van der Waals surface area contributed by atoms with Crippen LogP contribution in [0.4, 0.5) is 17.1 Å². The van der Waals surface area contributed by atoms with E-state index in [9.17, 15) is 18.5 Å². The number of hydrogen-bond acceptors (Lipinski definition) is 6. The fourth-order valence-corrected chi connectivity index (χ4v) is 4.45. The van der Waals surface area contributed by atoms with Crippen molar-refractivity contribution in [2.75, 3.05) is 10.1 Å². The van der Waals surface area contributed by atoms with Crippen molar-refractivity contribution >= 4 is 33.3 Å². The molecule has 8 nitrogen and oxygen atoms in total. The second kappa shape index (κ2) is 9.19. The number of rotatable bonds is 7. The molecule has 0 radical (unpaired) electrons. The second-order valence-electron chi connectivity index (χ2n) is 7.59. The normalized spacial score (nSPS) is 11.5. The van der Waals surface area contributed by atoms with Gasteiger partial charge in [0, 0.05) is 12.1 Å². The van der Waals surface area contributed by atoms with E-state index in [1.807, 2.05) is 45.0 Å². The highest BCUT2D eigenvalue weighted by Crippen LogP contribution is 2.29. The standard InChI is InChI=1S/C23H24N4O4S/c1-15-6-9-21(18(4)11-15)26-32(30,31)23-13-20(27(28)29)8-10-22(23)25-24-14-19-12-16(2)5-7-17(19)3/h5-14,25-26H,1-4H3/b24-14+. The molecule has 9 heteroatoms. The molecule has 3 rings (SSSR count). The number of hydrazone groups is 1. The molecule has 0 saturated heterocycles. The largest absolute Gasteiger partial charge is 0.279 e. The number of nitro benzene ring substituents is 1. The average molecular weight is 453 g/mol. The fourth-order valence-electron chi connectivity index (χ4n) is 3.14. The van der Waals surface area contributed by atoms with Crippen LogP contribution >= 0.6 is 0 Å². The van der Waals surface area contributed by atoms with Crippen molar-refractivity contribution in [3.8, 4) is 0 Å². The van der Waals surface area contributed by atoms with Gasteiger partial charge in [-0.2, -0.15) is 5.10 Å². The van der Waals surface area contributed by atoms with E-state index in [0.29, 0.717) is 5.69 Å². The highest BCUT2D eigenvalue weighted by Gasteiger charge is 2.23. The lowest BCUT2D eigenvalue weighted by molar-refractivity contribution is -0.385. The Morgan fingerprint density at radius 2 is 1.53 bits per heavy atom. The summed E-state index contributed by atoms with van der Waals surface area (Å²) in [5, 5.41) is 15.4. The predicted molar refractivity (Wildman–Crippen MR) is 127 cm³/mol. The Hall–Kier alpha value is -3.72. The van der Waals surface area contributed by atoms with Gasteiger partial charge in [0.25, 0.3) is 15.7 Å². The maximum absolute atomic E-state index is 13.1. The van der Waals surface area contributed by atoms with Gasteiger partial charge in [-0.25, -0.2) is 8.42 Å². The highest BCUT2D eigenvalue weighted by molar-refractivity contribution is 7.92. The molecule has 0 heterocycles. The summed E-state index contributed by atoms with van der Waals surface area (Å²) in [6.45, 7) is 7.59. The SMILES string of the molecule is Cc1ccc(NS(=O)(=O)c2cc([N+](=O)[O-])ccc2N/N=C/c2cc(C)ccc2C)c(C)c1. The molecule has 3 aromatic rings. The molecule has 0 aliphatic carbocycles. The van der Waals surface area contributed by atoms with Crippen molar-refractivity contribution in [3.05, 3.63) is 92.5 Å². The Kier molecular flexibility index (Phi) is 6.59. The van der Waals surface area contributed by atoms with Gasteiger partial charge in [-0.3, -0.25) is 20.3 Å². The third-order valence-corrected chi connectivity index (χ3v) is 6.32. The van der Waals surface area contributed by atoms with Crippen LogP contribution in [-0.4, -0.2) is 19.6 Å². The van der Waals surface area contributed by atoms with Crippen LogP contribution in [0.25, 0.3) is 0 Å². The van der Waals surface area contributed by atoms with Gasteiger partial charge < -0.3 is 0 Å². The van der Waals surface area contributed by atoms with Crippen LogP contribution in [0.2, 0.25) is 0 Å². The van der Waals surface area contributed by atoms with Crippen molar-refractivity contribution in [3.63, 3.8) is 0 Å². The molecule has 0 unspecified atom stereocenters. The van der Waals surface area contributed by atoms with Gasteiger partial charge in [-0.1, -0.05) is 41.5 Å². The molecule has 0 aliphatic rings. The number of nitrogens with zero attached hydrogens (tertiary/aromatic N) is 2. The minimum atomic E-state index is -4.14. The minimum absolute atomic E-state index is 0.120. The Balaban J connectivity index is 1.98. The highest BCUT2D eigenvalue weighted by atomic mass is 32.2. The third kappa shape index (κ3) is 5.30. The van der Waals surface area contributed by atoms with E-state index in [0.717, 1.165) is 33.9 Å². The summed E-state index contributed by atoms with van der Waals surface area (Å²) in [4.78, 5) is 10.3. The van der Waals surface area contributed by atoms with Gasteiger partial charge in [0.15, 0.2) is 0 Å². The van der Waals surface area contributed by atoms with E-state index in [1.165, 1.54) is 12.1 Å². The zero-order valence-electron chi connectivity index (χ0n) is 18.2. The Morgan fingerprint density at radius 1 is 0.875 bits per heavy atom. The molecular formula is C23H24N4O4S. The summed E-state index contributed by atoms with van der Waals surface area (Å²) in [5.41, 5.74) is 7.57. The van der Waals surface area contributed by atoms with Crippen molar-refractivity contribution in [1.29, 1.82) is 0 Å². The molecule has 32 heavy (non-hydrogen) atoms. The smallest absolute Gasteiger partial charge is 0.270 e. The van der Waals surface area contributed by atoms with Crippen LogP contribution < -0.4 is 10.1 Å². The van der Waals surface area contributed by atoms with Gasteiger partial charge >= 0.3 is 0 Å². The van der Waals surface area contributed by atoms with Crippen LogP contribution in [0.15, 0.2) is 64.6 Å². The van der Waals surface area contributed by atoms with E-state index < -0.39 is 14.9 Å².